The largest absolute Gasteiger partial charge is 0.342 e. The maximum atomic E-state index is 11.6. The van der Waals surface area contributed by atoms with Crippen molar-refractivity contribution in [2.24, 2.45) is 0 Å². The minimum atomic E-state index is -0.127. The van der Waals surface area contributed by atoms with Crippen molar-refractivity contribution in [3.63, 3.8) is 0 Å². The van der Waals surface area contributed by atoms with E-state index in [1.165, 1.54) is 0 Å². The fourth-order valence-electron chi connectivity index (χ4n) is 2.22. The summed E-state index contributed by atoms with van der Waals surface area (Å²) in [5.74, 6) is 0.960. The van der Waals surface area contributed by atoms with Crippen LogP contribution in [-0.2, 0) is 13.0 Å². The van der Waals surface area contributed by atoms with Gasteiger partial charge in [-0.1, -0.05) is 18.2 Å². The first kappa shape index (κ1) is 14.6. The third kappa shape index (κ3) is 3.85. The minimum absolute atomic E-state index is 0.127. The molecule has 6 heteroatoms. The highest BCUT2D eigenvalue weighted by Crippen LogP contribution is 2.11. The number of rotatable bonds is 6. The number of nitrogens with zero attached hydrogens (tertiary/aromatic N) is 1. The van der Waals surface area contributed by atoms with Crippen LogP contribution in [0, 0.1) is 0 Å². The van der Waals surface area contributed by atoms with Gasteiger partial charge in [0.25, 0.3) is 0 Å². The number of thiophene rings is 1. The fraction of sp³-hybridized carbons (Fsp3) is 0.250. The molecule has 1 aromatic carbocycles. The molecule has 3 aromatic rings. The average molecular weight is 314 g/mol. The molecule has 0 atom stereocenters. The summed E-state index contributed by atoms with van der Waals surface area (Å²) in [6, 6.07) is 11.8. The molecule has 5 nitrogen and oxygen atoms in total. The highest BCUT2D eigenvalue weighted by molar-refractivity contribution is 7.09. The van der Waals surface area contributed by atoms with Crippen LogP contribution in [0.2, 0.25) is 0 Å². The third-order valence-electron chi connectivity index (χ3n) is 3.32. The SMILES string of the molecule is O=C(NCCCc1nc2ccccc2[nH]1)NCc1cccs1. The molecule has 114 valence electrons. The van der Waals surface area contributed by atoms with Gasteiger partial charge in [-0.15, -0.1) is 11.3 Å². The Morgan fingerprint density at radius 3 is 2.91 bits per heavy atom. The molecule has 2 heterocycles. The van der Waals surface area contributed by atoms with E-state index in [9.17, 15) is 4.79 Å². The van der Waals surface area contributed by atoms with Gasteiger partial charge >= 0.3 is 6.03 Å². The van der Waals surface area contributed by atoms with Crippen LogP contribution < -0.4 is 10.6 Å². The summed E-state index contributed by atoms with van der Waals surface area (Å²) >= 11 is 1.64. The van der Waals surface area contributed by atoms with E-state index < -0.39 is 0 Å². The van der Waals surface area contributed by atoms with Crippen LogP contribution in [0.25, 0.3) is 11.0 Å². The molecular weight excluding hydrogens is 296 g/mol. The predicted molar refractivity (Wildman–Crippen MR) is 89.0 cm³/mol. The van der Waals surface area contributed by atoms with Crippen LogP contribution >= 0.6 is 11.3 Å². The lowest BCUT2D eigenvalue weighted by Gasteiger charge is -2.05. The lowest BCUT2D eigenvalue weighted by atomic mass is 10.3. The summed E-state index contributed by atoms with van der Waals surface area (Å²) in [5.41, 5.74) is 2.04. The summed E-state index contributed by atoms with van der Waals surface area (Å²) in [6.07, 6.45) is 1.67. The van der Waals surface area contributed by atoms with E-state index >= 15 is 0 Å². The zero-order chi connectivity index (χ0) is 15.2. The minimum Gasteiger partial charge on any atom is -0.342 e. The first-order chi connectivity index (χ1) is 10.8. The van der Waals surface area contributed by atoms with Crippen LogP contribution in [0.1, 0.15) is 17.1 Å². The van der Waals surface area contributed by atoms with Gasteiger partial charge in [-0.25, -0.2) is 9.78 Å². The van der Waals surface area contributed by atoms with Crippen molar-refractivity contribution in [2.75, 3.05) is 6.54 Å². The fourth-order valence-corrected chi connectivity index (χ4v) is 2.87. The molecule has 0 aliphatic carbocycles. The number of urea groups is 1. The van der Waals surface area contributed by atoms with E-state index in [0.717, 1.165) is 34.6 Å². The van der Waals surface area contributed by atoms with Gasteiger partial charge in [0.05, 0.1) is 17.6 Å². The van der Waals surface area contributed by atoms with Gasteiger partial charge < -0.3 is 15.6 Å². The van der Waals surface area contributed by atoms with Crippen LogP contribution in [0.4, 0.5) is 4.79 Å². The second kappa shape index (κ2) is 7.09. The molecule has 3 rings (SSSR count). The molecule has 0 aliphatic rings. The Kier molecular flexibility index (Phi) is 4.70. The lowest BCUT2D eigenvalue weighted by Crippen LogP contribution is -2.35. The summed E-state index contributed by atoms with van der Waals surface area (Å²) in [6.45, 7) is 1.21. The molecule has 22 heavy (non-hydrogen) atoms. The number of nitrogens with one attached hydrogen (secondary N) is 3. The second-order valence-electron chi connectivity index (χ2n) is 4.99. The number of H-pyrrole nitrogens is 1. The van der Waals surface area contributed by atoms with Gasteiger partial charge in [0.1, 0.15) is 5.82 Å². The first-order valence-corrected chi connectivity index (χ1v) is 8.17. The van der Waals surface area contributed by atoms with E-state index in [0.29, 0.717) is 13.1 Å². The van der Waals surface area contributed by atoms with Crippen molar-refractivity contribution in [3.05, 3.63) is 52.5 Å². The molecule has 0 saturated heterocycles. The average Bonchev–Trinajstić information content (AvgIpc) is 3.18. The van der Waals surface area contributed by atoms with Crippen LogP contribution in [0.5, 0.6) is 0 Å². The summed E-state index contributed by atoms with van der Waals surface area (Å²) < 4.78 is 0. The number of para-hydroxylation sites is 2. The van der Waals surface area contributed by atoms with Crippen LogP contribution in [0.15, 0.2) is 41.8 Å². The number of fused-ring (bicyclic) bond motifs is 1. The summed E-state index contributed by atoms with van der Waals surface area (Å²) in [7, 11) is 0. The van der Waals surface area contributed by atoms with E-state index in [1.54, 1.807) is 11.3 Å². The summed E-state index contributed by atoms with van der Waals surface area (Å²) in [5, 5.41) is 7.71. The molecule has 2 amide bonds. The van der Waals surface area contributed by atoms with Crippen molar-refractivity contribution < 1.29 is 4.79 Å². The highest BCUT2D eigenvalue weighted by Gasteiger charge is 2.03. The Labute approximate surface area is 132 Å². The molecular formula is C16H18N4OS. The number of aromatic amines is 1. The maximum Gasteiger partial charge on any atom is 0.315 e. The van der Waals surface area contributed by atoms with E-state index in [2.05, 4.69) is 20.6 Å². The van der Waals surface area contributed by atoms with Gasteiger partial charge in [0, 0.05) is 17.8 Å². The number of carbonyl (C=O) groups excluding carboxylic acids is 1. The number of benzene rings is 1. The number of imidazole rings is 1. The van der Waals surface area contributed by atoms with Gasteiger partial charge in [0.2, 0.25) is 0 Å². The molecule has 3 N–H and O–H groups in total. The standard InChI is InChI=1S/C16H18N4OS/c21-16(18-11-12-5-4-10-22-12)17-9-3-8-15-19-13-6-1-2-7-14(13)20-15/h1-2,4-7,10H,3,8-9,11H2,(H,19,20)(H2,17,18,21). The molecule has 0 spiro atoms. The van der Waals surface area contributed by atoms with Crippen molar-refractivity contribution in [1.82, 2.24) is 20.6 Å². The van der Waals surface area contributed by atoms with Crippen LogP contribution in [-0.4, -0.2) is 22.5 Å². The Morgan fingerprint density at radius 2 is 2.09 bits per heavy atom. The molecule has 0 radical (unpaired) electrons. The highest BCUT2D eigenvalue weighted by atomic mass is 32.1. The number of hydrogen-bond acceptors (Lipinski definition) is 3. The predicted octanol–water partition coefficient (Wildman–Crippen LogP) is 3.06. The molecule has 0 saturated carbocycles. The topological polar surface area (TPSA) is 69.8 Å². The normalized spacial score (nSPS) is 10.7. The Hall–Kier alpha value is -2.34. The number of amides is 2. The summed E-state index contributed by atoms with van der Waals surface area (Å²) in [4.78, 5) is 20.6. The Bertz CT molecular complexity index is 703. The van der Waals surface area contributed by atoms with Crippen molar-refractivity contribution in [2.45, 2.75) is 19.4 Å². The van der Waals surface area contributed by atoms with Gasteiger partial charge in [0.15, 0.2) is 0 Å². The van der Waals surface area contributed by atoms with Crippen molar-refractivity contribution in [3.8, 4) is 0 Å². The number of hydrogen-bond donors (Lipinski definition) is 3. The zero-order valence-electron chi connectivity index (χ0n) is 12.1. The number of aromatic nitrogens is 2. The van der Waals surface area contributed by atoms with Gasteiger partial charge in [-0.3, -0.25) is 0 Å². The molecule has 0 aliphatic heterocycles. The van der Waals surface area contributed by atoms with Gasteiger partial charge in [-0.2, -0.15) is 0 Å². The quantitative estimate of drug-likeness (QED) is 0.612. The smallest absolute Gasteiger partial charge is 0.315 e. The molecule has 0 unspecified atom stereocenters. The molecule has 0 fully saturated rings. The van der Waals surface area contributed by atoms with Crippen molar-refractivity contribution in [1.29, 1.82) is 0 Å². The maximum absolute atomic E-state index is 11.6. The van der Waals surface area contributed by atoms with Crippen LogP contribution in [0.3, 0.4) is 0 Å². The van der Waals surface area contributed by atoms with Gasteiger partial charge in [-0.05, 0) is 30.0 Å². The Morgan fingerprint density at radius 1 is 1.18 bits per heavy atom. The Balaban J connectivity index is 1.37. The molecule has 2 aromatic heterocycles. The monoisotopic (exact) mass is 314 g/mol. The second-order valence-corrected chi connectivity index (χ2v) is 6.03. The number of carbonyl (C=O) groups is 1. The van der Waals surface area contributed by atoms with Crippen molar-refractivity contribution >= 4 is 28.4 Å². The van der Waals surface area contributed by atoms with E-state index in [-0.39, 0.29) is 6.03 Å². The first-order valence-electron chi connectivity index (χ1n) is 7.29. The van der Waals surface area contributed by atoms with E-state index in [4.69, 9.17) is 0 Å². The zero-order valence-corrected chi connectivity index (χ0v) is 13.0. The lowest BCUT2D eigenvalue weighted by molar-refractivity contribution is 0.240. The van der Waals surface area contributed by atoms with E-state index in [1.807, 2.05) is 41.8 Å². The number of aryl methyl sites for hydroxylation is 1. The molecule has 0 bridgehead atoms. The third-order valence-corrected chi connectivity index (χ3v) is 4.19.